The Morgan fingerprint density at radius 3 is 2.25 bits per heavy atom. The van der Waals surface area contributed by atoms with Gasteiger partial charge < -0.3 is 5.11 Å². The number of carboxylic acid groups (broad SMARTS) is 1. The zero-order chi connectivity index (χ0) is 15.0. The van der Waals surface area contributed by atoms with Crippen molar-refractivity contribution in [2.45, 2.75) is 19.8 Å². The molecule has 0 amide bonds. The number of aromatic carboxylic acids is 1. The SMILES string of the molecule is CC(C)c1c(C(=O)O)nnn1-c1c(Cl)cc(Cl)cc1Cl. The molecule has 20 heavy (non-hydrogen) atoms. The van der Waals surface area contributed by atoms with Gasteiger partial charge >= 0.3 is 5.97 Å². The molecule has 0 spiro atoms. The van der Waals surface area contributed by atoms with Gasteiger partial charge in [0.1, 0.15) is 5.69 Å². The molecule has 0 unspecified atom stereocenters. The van der Waals surface area contributed by atoms with Crippen molar-refractivity contribution in [3.05, 3.63) is 38.6 Å². The summed E-state index contributed by atoms with van der Waals surface area (Å²) in [6.45, 7) is 3.67. The average Bonchev–Trinajstić information content (AvgIpc) is 2.72. The lowest BCUT2D eigenvalue weighted by Gasteiger charge is -2.13. The number of benzene rings is 1. The summed E-state index contributed by atoms with van der Waals surface area (Å²) < 4.78 is 1.34. The van der Waals surface area contributed by atoms with E-state index in [1.54, 1.807) is 0 Å². The molecule has 0 aliphatic heterocycles. The van der Waals surface area contributed by atoms with Crippen LogP contribution in [0.25, 0.3) is 5.69 Å². The van der Waals surface area contributed by atoms with E-state index in [0.29, 0.717) is 16.4 Å². The maximum absolute atomic E-state index is 11.2. The topological polar surface area (TPSA) is 68.0 Å². The van der Waals surface area contributed by atoms with Crippen LogP contribution in [0.2, 0.25) is 15.1 Å². The smallest absolute Gasteiger partial charge is 0.358 e. The van der Waals surface area contributed by atoms with Crippen LogP contribution in [0.5, 0.6) is 0 Å². The van der Waals surface area contributed by atoms with Crippen LogP contribution in [0.15, 0.2) is 12.1 Å². The minimum absolute atomic E-state index is 0.123. The van der Waals surface area contributed by atoms with E-state index in [4.69, 9.17) is 39.9 Å². The van der Waals surface area contributed by atoms with E-state index in [-0.39, 0.29) is 21.7 Å². The lowest BCUT2D eigenvalue weighted by molar-refractivity contribution is 0.0688. The molecule has 0 aliphatic carbocycles. The Morgan fingerprint density at radius 2 is 1.80 bits per heavy atom. The Bertz CT molecular complexity index is 660. The van der Waals surface area contributed by atoms with Gasteiger partial charge in [0.25, 0.3) is 0 Å². The Morgan fingerprint density at radius 1 is 1.25 bits per heavy atom. The first-order valence-electron chi connectivity index (χ1n) is 5.66. The fourth-order valence-electron chi connectivity index (χ4n) is 1.86. The van der Waals surface area contributed by atoms with E-state index in [0.717, 1.165) is 0 Å². The van der Waals surface area contributed by atoms with Crippen LogP contribution in [0.1, 0.15) is 35.9 Å². The maximum Gasteiger partial charge on any atom is 0.358 e. The van der Waals surface area contributed by atoms with Gasteiger partial charge in [0.15, 0.2) is 5.69 Å². The van der Waals surface area contributed by atoms with E-state index in [1.165, 1.54) is 16.8 Å². The van der Waals surface area contributed by atoms with Gasteiger partial charge in [0.2, 0.25) is 0 Å². The Kier molecular flexibility index (Phi) is 4.22. The molecule has 0 atom stereocenters. The molecule has 0 bridgehead atoms. The second kappa shape index (κ2) is 5.60. The molecule has 8 heteroatoms. The minimum atomic E-state index is -1.15. The van der Waals surface area contributed by atoms with E-state index >= 15 is 0 Å². The number of hydrogen-bond acceptors (Lipinski definition) is 3. The summed E-state index contributed by atoms with van der Waals surface area (Å²) in [5.74, 6) is -1.28. The zero-order valence-electron chi connectivity index (χ0n) is 10.6. The van der Waals surface area contributed by atoms with Gasteiger partial charge in [-0.15, -0.1) is 5.10 Å². The van der Waals surface area contributed by atoms with Gasteiger partial charge in [0, 0.05) is 5.02 Å². The Labute approximate surface area is 130 Å². The number of carboxylic acids is 1. The molecule has 0 saturated carbocycles. The highest BCUT2D eigenvalue weighted by molar-refractivity contribution is 6.40. The van der Waals surface area contributed by atoms with Crippen LogP contribution in [0, 0.1) is 0 Å². The van der Waals surface area contributed by atoms with Gasteiger partial charge in [-0.05, 0) is 18.1 Å². The first kappa shape index (κ1) is 15.1. The van der Waals surface area contributed by atoms with Crippen molar-refractivity contribution >= 4 is 40.8 Å². The van der Waals surface area contributed by atoms with E-state index in [9.17, 15) is 4.79 Å². The predicted octanol–water partition coefficient (Wildman–Crippen LogP) is 4.05. The highest BCUT2D eigenvalue weighted by Gasteiger charge is 2.24. The second-order valence-electron chi connectivity index (χ2n) is 4.41. The average molecular weight is 335 g/mol. The van der Waals surface area contributed by atoms with Crippen LogP contribution >= 0.6 is 34.8 Å². The summed E-state index contributed by atoms with van der Waals surface area (Å²) in [5, 5.41) is 17.6. The van der Waals surface area contributed by atoms with Crippen LogP contribution in [-0.4, -0.2) is 26.1 Å². The summed E-state index contributed by atoms with van der Waals surface area (Å²) in [6, 6.07) is 3.02. The Hall–Kier alpha value is -1.30. The van der Waals surface area contributed by atoms with E-state index < -0.39 is 5.97 Å². The molecule has 1 aromatic heterocycles. The van der Waals surface area contributed by atoms with Crippen LogP contribution in [0.4, 0.5) is 0 Å². The number of aromatic nitrogens is 3. The maximum atomic E-state index is 11.2. The van der Waals surface area contributed by atoms with Crippen molar-refractivity contribution < 1.29 is 9.90 Å². The molecule has 1 N–H and O–H groups in total. The summed E-state index contributed by atoms with van der Waals surface area (Å²) in [7, 11) is 0. The third-order valence-electron chi connectivity index (χ3n) is 2.65. The predicted molar refractivity (Wildman–Crippen MR) is 77.4 cm³/mol. The molecule has 0 radical (unpaired) electrons. The van der Waals surface area contributed by atoms with Crippen LogP contribution in [0.3, 0.4) is 0 Å². The van der Waals surface area contributed by atoms with Crippen molar-refractivity contribution in [3.8, 4) is 5.69 Å². The Balaban J connectivity index is 2.74. The third kappa shape index (κ3) is 2.61. The van der Waals surface area contributed by atoms with Gasteiger partial charge in [-0.2, -0.15) is 0 Å². The van der Waals surface area contributed by atoms with Gasteiger partial charge in [-0.1, -0.05) is 53.9 Å². The van der Waals surface area contributed by atoms with Gasteiger partial charge in [0.05, 0.1) is 15.7 Å². The normalized spacial score (nSPS) is 11.1. The summed E-state index contributed by atoms with van der Waals surface area (Å²) in [6.07, 6.45) is 0. The fourth-order valence-corrected chi connectivity index (χ4v) is 2.84. The molecule has 1 aromatic carbocycles. The molecular formula is C12H10Cl3N3O2. The van der Waals surface area contributed by atoms with Crippen molar-refractivity contribution in [2.75, 3.05) is 0 Å². The lowest BCUT2D eigenvalue weighted by atomic mass is 10.1. The van der Waals surface area contributed by atoms with Crippen molar-refractivity contribution in [3.63, 3.8) is 0 Å². The van der Waals surface area contributed by atoms with E-state index in [1.807, 2.05) is 13.8 Å². The van der Waals surface area contributed by atoms with Crippen LogP contribution in [-0.2, 0) is 0 Å². The van der Waals surface area contributed by atoms with Gasteiger partial charge in [-0.3, -0.25) is 0 Å². The molecule has 0 aliphatic rings. The number of rotatable bonds is 3. The van der Waals surface area contributed by atoms with Crippen molar-refractivity contribution in [1.82, 2.24) is 15.0 Å². The highest BCUT2D eigenvalue weighted by Crippen LogP contribution is 2.34. The van der Waals surface area contributed by atoms with Crippen molar-refractivity contribution in [1.29, 1.82) is 0 Å². The zero-order valence-corrected chi connectivity index (χ0v) is 12.8. The standard InChI is InChI=1S/C12H10Cl3N3O2/c1-5(2)10-9(12(19)20)16-17-18(10)11-7(14)3-6(13)4-8(11)15/h3-5H,1-2H3,(H,19,20). The molecule has 0 saturated heterocycles. The van der Waals surface area contributed by atoms with Gasteiger partial charge in [-0.25, -0.2) is 9.48 Å². The molecular weight excluding hydrogens is 325 g/mol. The number of halogens is 3. The molecule has 106 valence electrons. The number of hydrogen-bond donors (Lipinski definition) is 1. The second-order valence-corrected chi connectivity index (χ2v) is 5.66. The quantitative estimate of drug-likeness (QED) is 0.919. The monoisotopic (exact) mass is 333 g/mol. The summed E-state index contributed by atoms with van der Waals surface area (Å²) in [5.41, 5.74) is 0.659. The summed E-state index contributed by atoms with van der Waals surface area (Å²) in [4.78, 5) is 11.2. The fraction of sp³-hybridized carbons (Fsp3) is 0.250. The molecule has 2 aromatic rings. The molecule has 1 heterocycles. The van der Waals surface area contributed by atoms with E-state index in [2.05, 4.69) is 10.3 Å². The largest absolute Gasteiger partial charge is 0.476 e. The minimum Gasteiger partial charge on any atom is -0.476 e. The molecule has 0 fully saturated rings. The lowest BCUT2D eigenvalue weighted by Crippen LogP contribution is -2.09. The van der Waals surface area contributed by atoms with Crippen LogP contribution < -0.4 is 0 Å². The first-order valence-corrected chi connectivity index (χ1v) is 6.80. The molecule has 5 nitrogen and oxygen atoms in total. The summed E-state index contributed by atoms with van der Waals surface area (Å²) >= 11 is 18.1. The third-order valence-corrected chi connectivity index (χ3v) is 3.44. The first-order chi connectivity index (χ1) is 9.32. The van der Waals surface area contributed by atoms with Crippen molar-refractivity contribution in [2.24, 2.45) is 0 Å². The number of nitrogens with zero attached hydrogens (tertiary/aromatic N) is 3. The molecule has 2 rings (SSSR count). The number of carbonyl (C=O) groups is 1. The highest BCUT2D eigenvalue weighted by atomic mass is 35.5.